The van der Waals surface area contributed by atoms with E-state index in [9.17, 15) is 9.90 Å². The Morgan fingerprint density at radius 2 is 1.98 bits per heavy atom. The third-order valence-electron chi connectivity index (χ3n) is 12.1. The van der Waals surface area contributed by atoms with E-state index in [1.807, 2.05) is 0 Å². The summed E-state index contributed by atoms with van der Waals surface area (Å²) in [6.45, 7) is 6.46. The minimum atomic E-state index is -0.107. The lowest BCUT2D eigenvalue weighted by atomic mass is 9.51. The molecular weight excluding hydrogens is 512 g/mol. The SMILES string of the molecule is COc1ccc2c3c1O[C@H]1[C@H](N(C(=O)CCCCC4CCCCC4)C(C)C)CC[C@H]4[C@@H](C2)N(CC2CC2O)CC[C@@]341. The second kappa shape index (κ2) is 11.0. The number of likely N-dealkylation sites (tertiary alicyclic amines) is 1. The topological polar surface area (TPSA) is 62.2 Å². The first-order chi connectivity index (χ1) is 19.9. The standard InChI is InChI=1S/C35H52N2O4/c1-22(2)37(31(39)12-8-7-11-23-9-5-4-6-10-23)27-15-14-26-28-19-24-13-16-30(40-3)33-32(24)35(26,34(27)41-33)17-18-36(28)21-25-20-29(25)38/h13,16,22-23,25-29,34,38H,4-12,14-15,17-21H2,1-3H3/t25?,26-,27+,28+,29?,34-,35-/m0/s1. The van der Waals surface area contributed by atoms with Crippen LogP contribution in [0.1, 0.15) is 108 Å². The summed E-state index contributed by atoms with van der Waals surface area (Å²) < 4.78 is 12.9. The van der Waals surface area contributed by atoms with Gasteiger partial charge in [0.05, 0.1) is 19.3 Å². The van der Waals surface area contributed by atoms with Crippen molar-refractivity contribution < 1.29 is 19.4 Å². The van der Waals surface area contributed by atoms with Gasteiger partial charge in [0, 0.05) is 41.9 Å². The molecule has 6 nitrogen and oxygen atoms in total. The van der Waals surface area contributed by atoms with Gasteiger partial charge in [0.25, 0.3) is 0 Å². The molecule has 6 aliphatic rings. The maximum absolute atomic E-state index is 14.0. The van der Waals surface area contributed by atoms with Gasteiger partial charge in [-0.15, -0.1) is 0 Å². The first-order valence-corrected chi connectivity index (χ1v) is 17.0. The number of benzene rings is 1. The third kappa shape index (κ3) is 4.70. The Labute approximate surface area is 247 Å². The van der Waals surface area contributed by atoms with Crippen molar-refractivity contribution in [3.05, 3.63) is 23.3 Å². The van der Waals surface area contributed by atoms with Crippen molar-refractivity contribution in [3.63, 3.8) is 0 Å². The van der Waals surface area contributed by atoms with Crippen LogP contribution in [0.5, 0.6) is 11.5 Å². The third-order valence-corrected chi connectivity index (χ3v) is 12.1. The van der Waals surface area contributed by atoms with E-state index >= 15 is 0 Å². The zero-order valence-electron chi connectivity index (χ0n) is 25.7. The summed E-state index contributed by atoms with van der Waals surface area (Å²) in [5.74, 6) is 3.97. The first-order valence-electron chi connectivity index (χ1n) is 17.0. The Morgan fingerprint density at radius 1 is 1.17 bits per heavy atom. The molecule has 2 bridgehead atoms. The lowest BCUT2D eigenvalue weighted by Crippen LogP contribution is -2.69. The number of nitrogens with zero attached hydrogens (tertiary/aromatic N) is 2. The van der Waals surface area contributed by atoms with Gasteiger partial charge in [-0.3, -0.25) is 9.69 Å². The summed E-state index contributed by atoms with van der Waals surface area (Å²) >= 11 is 0. The zero-order valence-corrected chi connectivity index (χ0v) is 25.7. The average molecular weight is 565 g/mol. The van der Waals surface area contributed by atoms with Gasteiger partial charge in [-0.1, -0.05) is 51.0 Å². The molecule has 1 amide bonds. The zero-order chi connectivity index (χ0) is 28.3. The molecular formula is C35H52N2O4. The maximum Gasteiger partial charge on any atom is 0.223 e. The predicted octanol–water partition coefficient (Wildman–Crippen LogP) is 5.86. The van der Waals surface area contributed by atoms with E-state index in [0.717, 1.165) is 69.0 Å². The van der Waals surface area contributed by atoms with Gasteiger partial charge in [0.1, 0.15) is 6.10 Å². The number of ether oxygens (including phenoxy) is 2. The molecule has 2 heterocycles. The normalized spacial score (nSPS) is 35.6. The molecule has 1 aromatic carbocycles. The van der Waals surface area contributed by atoms with E-state index in [2.05, 4.69) is 35.8 Å². The van der Waals surface area contributed by atoms with E-state index in [0.29, 0.717) is 30.2 Å². The Morgan fingerprint density at radius 3 is 2.71 bits per heavy atom. The highest BCUT2D eigenvalue weighted by Crippen LogP contribution is 2.64. The van der Waals surface area contributed by atoms with Crippen LogP contribution in [-0.4, -0.2) is 71.3 Å². The monoisotopic (exact) mass is 564 g/mol. The fourth-order valence-corrected chi connectivity index (χ4v) is 10.2. The van der Waals surface area contributed by atoms with E-state index in [1.165, 1.54) is 56.1 Å². The molecule has 1 spiro atoms. The van der Waals surface area contributed by atoms with Crippen molar-refractivity contribution in [2.75, 3.05) is 20.2 Å². The Kier molecular flexibility index (Phi) is 7.54. The summed E-state index contributed by atoms with van der Waals surface area (Å²) in [6, 6.07) is 5.12. The summed E-state index contributed by atoms with van der Waals surface area (Å²) in [4.78, 5) is 18.9. The number of carbonyl (C=O) groups is 1. The fourth-order valence-electron chi connectivity index (χ4n) is 10.2. The molecule has 7 atom stereocenters. The molecule has 1 saturated heterocycles. The molecule has 4 aliphatic carbocycles. The van der Waals surface area contributed by atoms with Gasteiger partial charge in [-0.2, -0.15) is 0 Å². The number of amides is 1. The van der Waals surface area contributed by atoms with Crippen LogP contribution >= 0.6 is 0 Å². The summed E-state index contributed by atoms with van der Waals surface area (Å²) in [5.41, 5.74) is 2.76. The molecule has 0 radical (unpaired) electrons. The number of piperidine rings is 1. The van der Waals surface area contributed by atoms with Crippen LogP contribution in [-0.2, 0) is 16.6 Å². The first kappa shape index (κ1) is 28.0. The van der Waals surface area contributed by atoms with Crippen molar-refractivity contribution in [2.45, 2.75) is 139 Å². The largest absolute Gasteiger partial charge is 0.493 e. The number of unbranched alkanes of at least 4 members (excludes halogenated alkanes) is 1. The fraction of sp³-hybridized carbons (Fsp3) is 0.800. The van der Waals surface area contributed by atoms with Gasteiger partial charge >= 0.3 is 0 Å². The Hall–Kier alpha value is -1.79. The van der Waals surface area contributed by atoms with Crippen LogP contribution in [0, 0.1) is 17.8 Å². The number of rotatable bonds is 10. The van der Waals surface area contributed by atoms with Crippen molar-refractivity contribution in [1.29, 1.82) is 0 Å². The van der Waals surface area contributed by atoms with Crippen molar-refractivity contribution in [3.8, 4) is 11.5 Å². The molecule has 6 heteroatoms. The Bertz CT molecular complexity index is 1130. The summed E-state index contributed by atoms with van der Waals surface area (Å²) in [5, 5.41) is 10.1. The van der Waals surface area contributed by atoms with Crippen LogP contribution in [0.2, 0.25) is 0 Å². The van der Waals surface area contributed by atoms with Gasteiger partial charge < -0.3 is 19.5 Å². The van der Waals surface area contributed by atoms with Crippen LogP contribution in [0.4, 0.5) is 0 Å². The van der Waals surface area contributed by atoms with E-state index in [-0.39, 0.29) is 29.7 Å². The molecule has 3 saturated carbocycles. The average Bonchev–Trinajstić information content (AvgIpc) is 3.55. The lowest BCUT2D eigenvalue weighted by molar-refractivity contribution is -0.146. The number of aliphatic hydroxyl groups excluding tert-OH is 1. The number of aliphatic hydroxyl groups is 1. The lowest BCUT2D eigenvalue weighted by Gasteiger charge is -2.61. The molecule has 2 aliphatic heterocycles. The molecule has 2 unspecified atom stereocenters. The van der Waals surface area contributed by atoms with Crippen LogP contribution in [0.15, 0.2) is 12.1 Å². The highest BCUT2D eigenvalue weighted by atomic mass is 16.5. The second-order valence-corrected chi connectivity index (χ2v) is 14.7. The van der Waals surface area contributed by atoms with Crippen molar-refractivity contribution in [2.24, 2.45) is 17.8 Å². The van der Waals surface area contributed by atoms with Crippen LogP contribution < -0.4 is 9.47 Å². The highest BCUT2D eigenvalue weighted by Gasteiger charge is 2.67. The van der Waals surface area contributed by atoms with Crippen LogP contribution in [0.3, 0.4) is 0 Å². The van der Waals surface area contributed by atoms with E-state index in [4.69, 9.17) is 9.47 Å². The van der Waals surface area contributed by atoms with Crippen molar-refractivity contribution in [1.82, 2.24) is 9.80 Å². The Balaban J connectivity index is 1.14. The number of hydrogen-bond donors (Lipinski definition) is 1. The second-order valence-electron chi connectivity index (χ2n) is 14.7. The van der Waals surface area contributed by atoms with E-state index in [1.54, 1.807) is 7.11 Å². The van der Waals surface area contributed by atoms with Gasteiger partial charge in [-0.05, 0) is 82.4 Å². The summed E-state index contributed by atoms with van der Waals surface area (Å²) in [7, 11) is 1.75. The molecule has 0 aromatic heterocycles. The predicted molar refractivity (Wildman–Crippen MR) is 160 cm³/mol. The molecule has 41 heavy (non-hydrogen) atoms. The molecule has 4 fully saturated rings. The number of hydrogen-bond acceptors (Lipinski definition) is 5. The molecule has 226 valence electrons. The van der Waals surface area contributed by atoms with Gasteiger partial charge in [-0.25, -0.2) is 0 Å². The highest BCUT2D eigenvalue weighted by molar-refractivity contribution is 5.77. The van der Waals surface area contributed by atoms with Crippen LogP contribution in [0.25, 0.3) is 0 Å². The van der Waals surface area contributed by atoms with Crippen molar-refractivity contribution >= 4 is 5.91 Å². The minimum Gasteiger partial charge on any atom is -0.493 e. The number of methoxy groups -OCH3 is 1. The molecule has 7 rings (SSSR count). The molecule has 1 aromatic rings. The van der Waals surface area contributed by atoms with E-state index < -0.39 is 0 Å². The number of carbonyl (C=O) groups excluding carboxylic acids is 1. The van der Waals surface area contributed by atoms with Gasteiger partial charge in [0.15, 0.2) is 11.5 Å². The quantitative estimate of drug-likeness (QED) is 0.361. The van der Waals surface area contributed by atoms with Gasteiger partial charge in [0.2, 0.25) is 5.91 Å². The minimum absolute atomic E-state index is 0.0173. The summed E-state index contributed by atoms with van der Waals surface area (Å²) in [6.07, 6.45) is 16.2. The smallest absolute Gasteiger partial charge is 0.223 e. The molecule has 1 N–H and O–H groups in total. The maximum atomic E-state index is 14.0.